The quantitative estimate of drug-likeness (QED) is 0.408. The van der Waals surface area contributed by atoms with Crippen molar-refractivity contribution < 1.29 is 0 Å². The van der Waals surface area contributed by atoms with E-state index in [0.29, 0.717) is 32.9 Å². The van der Waals surface area contributed by atoms with Crippen LogP contribution in [0.1, 0.15) is 18.4 Å². The Balaban J connectivity index is 1.58. The molecular formula is C19H20ClN9S. The molecule has 0 aromatic carbocycles. The molecule has 9 nitrogen and oxygen atoms in total. The zero-order valence-electron chi connectivity index (χ0n) is 16.5. The number of nitrogens with one attached hydrogen (secondary N) is 1. The van der Waals surface area contributed by atoms with Crippen molar-refractivity contribution in [1.82, 2.24) is 29.9 Å². The number of nitrogen functional groups attached to an aromatic ring is 1. The first-order chi connectivity index (χ1) is 14.4. The van der Waals surface area contributed by atoms with Crippen LogP contribution in [-0.4, -0.2) is 49.0 Å². The number of aryl methyl sites for hydroxylation is 2. The van der Waals surface area contributed by atoms with Gasteiger partial charge in [0.15, 0.2) is 11.0 Å². The summed E-state index contributed by atoms with van der Waals surface area (Å²) in [5, 5.41) is 2.12. The topological polar surface area (TPSA) is 136 Å². The number of halogens is 1. The summed E-state index contributed by atoms with van der Waals surface area (Å²) >= 11 is 8.03. The third-order valence-corrected chi connectivity index (χ3v) is 6.29. The Morgan fingerprint density at radius 1 is 1.27 bits per heavy atom. The Morgan fingerprint density at radius 2 is 2.07 bits per heavy atom. The van der Waals surface area contributed by atoms with E-state index in [-0.39, 0.29) is 6.04 Å². The highest BCUT2D eigenvalue weighted by molar-refractivity contribution is 7.99. The van der Waals surface area contributed by atoms with Gasteiger partial charge in [0.1, 0.15) is 22.8 Å². The summed E-state index contributed by atoms with van der Waals surface area (Å²) in [5.74, 6) is 1.78. The van der Waals surface area contributed by atoms with Crippen molar-refractivity contribution >= 4 is 57.1 Å². The molecule has 0 amide bonds. The summed E-state index contributed by atoms with van der Waals surface area (Å²) in [4.78, 5) is 28.9. The van der Waals surface area contributed by atoms with Gasteiger partial charge < -0.3 is 21.4 Å². The number of anilines is 2. The minimum Gasteiger partial charge on any atom is -0.382 e. The minimum absolute atomic E-state index is 0.146. The lowest BCUT2D eigenvalue weighted by atomic mass is 10.1. The molecule has 0 saturated carbocycles. The van der Waals surface area contributed by atoms with E-state index in [1.165, 1.54) is 11.8 Å². The van der Waals surface area contributed by atoms with Crippen LogP contribution in [0.25, 0.3) is 22.1 Å². The molecule has 1 aliphatic heterocycles. The third kappa shape index (κ3) is 3.21. The summed E-state index contributed by atoms with van der Waals surface area (Å²) in [6.07, 6.45) is 2.51. The fourth-order valence-corrected chi connectivity index (χ4v) is 4.69. The summed E-state index contributed by atoms with van der Waals surface area (Å²) in [7, 11) is 0. The molecule has 0 atom stereocenters. The molecule has 5 N–H and O–H groups in total. The molecule has 5 rings (SSSR count). The second-order valence-electron chi connectivity index (χ2n) is 7.29. The van der Waals surface area contributed by atoms with Crippen LogP contribution in [-0.2, 0) is 6.42 Å². The van der Waals surface area contributed by atoms with Gasteiger partial charge in [-0.3, -0.25) is 0 Å². The SMILES string of the molecule is CCc1[nH]c2nc(Sc3cnc4c(N)nc(C)nc4c3)nc(N3CC(N)C3)c2c1Cl. The molecule has 5 heterocycles. The summed E-state index contributed by atoms with van der Waals surface area (Å²) in [6.45, 7) is 5.34. The second kappa shape index (κ2) is 7.22. The Hall–Kier alpha value is -2.69. The first kappa shape index (κ1) is 19.3. The van der Waals surface area contributed by atoms with E-state index < -0.39 is 0 Å². The molecule has 1 saturated heterocycles. The predicted octanol–water partition coefficient (Wildman–Crippen LogP) is 2.70. The Morgan fingerprint density at radius 3 is 2.80 bits per heavy atom. The normalized spacial score (nSPS) is 14.6. The maximum Gasteiger partial charge on any atom is 0.196 e. The number of pyridine rings is 1. The van der Waals surface area contributed by atoms with Crippen LogP contribution >= 0.6 is 23.4 Å². The van der Waals surface area contributed by atoms with Crippen LogP contribution in [0.15, 0.2) is 22.3 Å². The van der Waals surface area contributed by atoms with Gasteiger partial charge in [-0.05, 0) is 31.2 Å². The van der Waals surface area contributed by atoms with Crippen molar-refractivity contribution in [3.8, 4) is 0 Å². The second-order valence-corrected chi connectivity index (χ2v) is 8.71. The smallest absolute Gasteiger partial charge is 0.196 e. The lowest BCUT2D eigenvalue weighted by molar-refractivity contribution is 0.514. The van der Waals surface area contributed by atoms with Crippen LogP contribution in [0.2, 0.25) is 5.02 Å². The number of aromatic amines is 1. The van der Waals surface area contributed by atoms with Crippen molar-refractivity contribution in [1.29, 1.82) is 0 Å². The molecule has 154 valence electrons. The van der Waals surface area contributed by atoms with Crippen molar-refractivity contribution in [2.75, 3.05) is 23.7 Å². The van der Waals surface area contributed by atoms with Gasteiger partial charge in [0.05, 0.1) is 15.9 Å². The van der Waals surface area contributed by atoms with E-state index in [2.05, 4.69) is 31.8 Å². The van der Waals surface area contributed by atoms with E-state index >= 15 is 0 Å². The van der Waals surface area contributed by atoms with E-state index in [1.807, 2.05) is 6.07 Å². The fourth-order valence-electron chi connectivity index (χ4n) is 3.58. The van der Waals surface area contributed by atoms with E-state index in [4.69, 9.17) is 33.0 Å². The summed E-state index contributed by atoms with van der Waals surface area (Å²) < 4.78 is 0. The van der Waals surface area contributed by atoms with Gasteiger partial charge in [-0.1, -0.05) is 18.5 Å². The number of hydrogen-bond acceptors (Lipinski definition) is 9. The molecule has 0 aliphatic carbocycles. The van der Waals surface area contributed by atoms with Gasteiger partial charge in [0, 0.05) is 35.9 Å². The molecule has 0 spiro atoms. The highest BCUT2D eigenvalue weighted by Crippen LogP contribution is 2.38. The molecule has 0 radical (unpaired) electrons. The molecule has 4 aromatic heterocycles. The highest BCUT2D eigenvalue weighted by Gasteiger charge is 2.29. The average Bonchev–Trinajstić information content (AvgIpc) is 3.00. The average molecular weight is 442 g/mol. The zero-order valence-corrected chi connectivity index (χ0v) is 18.0. The first-order valence-corrected chi connectivity index (χ1v) is 10.8. The largest absolute Gasteiger partial charge is 0.382 e. The van der Waals surface area contributed by atoms with E-state index in [0.717, 1.165) is 47.0 Å². The Bertz CT molecular complexity index is 1280. The molecular weight excluding hydrogens is 422 g/mol. The van der Waals surface area contributed by atoms with Crippen LogP contribution < -0.4 is 16.4 Å². The summed E-state index contributed by atoms with van der Waals surface area (Å²) in [5.41, 5.74) is 14.9. The molecule has 4 aromatic rings. The maximum atomic E-state index is 6.62. The van der Waals surface area contributed by atoms with Crippen molar-refractivity contribution in [3.63, 3.8) is 0 Å². The van der Waals surface area contributed by atoms with Crippen LogP contribution in [0, 0.1) is 6.92 Å². The van der Waals surface area contributed by atoms with E-state index in [9.17, 15) is 0 Å². The first-order valence-electron chi connectivity index (χ1n) is 9.59. The number of rotatable bonds is 4. The zero-order chi connectivity index (χ0) is 21.0. The minimum atomic E-state index is 0.146. The van der Waals surface area contributed by atoms with Gasteiger partial charge >= 0.3 is 0 Å². The monoisotopic (exact) mass is 441 g/mol. The molecule has 11 heteroatoms. The Labute approximate surface area is 181 Å². The lowest BCUT2D eigenvalue weighted by Gasteiger charge is -2.38. The van der Waals surface area contributed by atoms with E-state index in [1.54, 1.807) is 13.1 Å². The number of aromatic nitrogens is 6. The molecule has 0 unspecified atom stereocenters. The predicted molar refractivity (Wildman–Crippen MR) is 119 cm³/mol. The number of hydrogen-bond donors (Lipinski definition) is 3. The molecule has 1 aliphatic rings. The standard InChI is InChI=1S/C19H20ClN9S/c1-3-11-14(20)13-17(26-11)27-19(28-18(13)29-6-9(21)7-29)30-10-4-12-15(23-5-10)16(22)25-8(2)24-12/h4-5,9H,3,6-7,21H2,1-2H3,(H2,22,24,25)(H,26,27,28). The van der Waals surface area contributed by atoms with Gasteiger partial charge in [0.2, 0.25) is 0 Å². The third-order valence-electron chi connectivity index (χ3n) is 5.04. The number of fused-ring (bicyclic) bond motifs is 2. The van der Waals surface area contributed by atoms with Crippen molar-refractivity contribution in [2.45, 2.75) is 36.4 Å². The highest BCUT2D eigenvalue weighted by atomic mass is 35.5. The molecule has 0 bridgehead atoms. The van der Waals surface area contributed by atoms with Crippen LogP contribution in [0.3, 0.4) is 0 Å². The lowest BCUT2D eigenvalue weighted by Crippen LogP contribution is -2.56. The van der Waals surface area contributed by atoms with Crippen LogP contribution in [0.4, 0.5) is 11.6 Å². The number of nitrogens with zero attached hydrogens (tertiary/aromatic N) is 6. The van der Waals surface area contributed by atoms with Crippen molar-refractivity contribution in [3.05, 3.63) is 28.8 Å². The maximum absolute atomic E-state index is 6.62. The van der Waals surface area contributed by atoms with Gasteiger partial charge in [-0.2, -0.15) is 0 Å². The molecule has 1 fully saturated rings. The van der Waals surface area contributed by atoms with Gasteiger partial charge in [0.25, 0.3) is 0 Å². The van der Waals surface area contributed by atoms with Crippen LogP contribution in [0.5, 0.6) is 0 Å². The number of nitrogens with two attached hydrogens (primary N) is 2. The Kier molecular flexibility index (Phi) is 4.64. The molecule has 30 heavy (non-hydrogen) atoms. The van der Waals surface area contributed by atoms with Gasteiger partial charge in [-0.15, -0.1) is 0 Å². The van der Waals surface area contributed by atoms with Crippen molar-refractivity contribution in [2.24, 2.45) is 5.73 Å². The number of H-pyrrole nitrogens is 1. The summed E-state index contributed by atoms with van der Waals surface area (Å²) in [6, 6.07) is 2.07. The fraction of sp³-hybridized carbons (Fsp3) is 0.316. The van der Waals surface area contributed by atoms with Gasteiger partial charge in [-0.25, -0.2) is 24.9 Å².